The fraction of sp³-hybridized carbons (Fsp3) is 0.294. The van der Waals surface area contributed by atoms with Crippen LogP contribution in [0.2, 0.25) is 0 Å². The molecule has 138 valence electrons. The van der Waals surface area contributed by atoms with Crippen LogP contribution in [0.15, 0.2) is 40.6 Å². The fourth-order valence-corrected chi connectivity index (χ4v) is 5.11. The first-order valence-electron chi connectivity index (χ1n) is 7.98. The number of carbonyl (C=O) groups is 2. The highest BCUT2D eigenvalue weighted by Crippen LogP contribution is 2.25. The van der Waals surface area contributed by atoms with Crippen LogP contribution in [0, 0.1) is 6.92 Å². The second-order valence-corrected chi connectivity index (χ2v) is 8.80. The molecular weight excluding hydrogens is 374 g/mol. The lowest BCUT2D eigenvalue weighted by atomic mass is 10.2. The third-order valence-corrected chi connectivity index (χ3v) is 6.57. The number of sulfonamides is 1. The van der Waals surface area contributed by atoms with Crippen LogP contribution >= 0.6 is 11.3 Å². The number of hydrogen-bond acceptors (Lipinski definition) is 5. The number of likely N-dealkylation sites (tertiary alicyclic amines) is 1. The molecule has 0 saturated carbocycles. The van der Waals surface area contributed by atoms with Gasteiger partial charge >= 0.3 is 0 Å². The minimum absolute atomic E-state index is 0.0460. The predicted molar refractivity (Wildman–Crippen MR) is 99.8 cm³/mol. The molecule has 7 nitrogen and oxygen atoms in total. The van der Waals surface area contributed by atoms with Crippen LogP contribution in [-0.2, 0) is 14.8 Å². The maximum atomic E-state index is 12.7. The van der Waals surface area contributed by atoms with E-state index in [9.17, 15) is 18.0 Å². The minimum atomic E-state index is -3.89. The average Bonchev–Trinajstić information content (AvgIpc) is 3.17. The normalized spacial score (nSPS) is 17.4. The van der Waals surface area contributed by atoms with Crippen molar-refractivity contribution < 1.29 is 18.0 Å². The summed E-state index contributed by atoms with van der Waals surface area (Å²) >= 11 is 1.05. The number of thiophene rings is 1. The first kappa shape index (κ1) is 18.4. The maximum Gasteiger partial charge on any atom is 0.263 e. The van der Waals surface area contributed by atoms with Gasteiger partial charge in [0.1, 0.15) is 9.77 Å². The number of aryl methyl sites for hydroxylation is 1. The number of carbonyl (C=O) groups excluding carboxylic acids is 2. The molecule has 1 saturated heterocycles. The monoisotopic (exact) mass is 393 g/mol. The van der Waals surface area contributed by atoms with E-state index in [0.29, 0.717) is 12.2 Å². The first-order chi connectivity index (χ1) is 12.3. The molecule has 9 heteroatoms. The van der Waals surface area contributed by atoms with Gasteiger partial charge in [-0.05, 0) is 30.5 Å². The molecular formula is C17H19N3O4S2. The van der Waals surface area contributed by atoms with Gasteiger partial charge in [0.25, 0.3) is 15.9 Å². The summed E-state index contributed by atoms with van der Waals surface area (Å²) in [5, 5.41) is 4.30. The molecule has 2 aromatic rings. The second kappa shape index (κ2) is 7.08. The van der Waals surface area contributed by atoms with E-state index in [-0.39, 0.29) is 28.1 Å². The minimum Gasteiger partial charge on any atom is -0.346 e. The Morgan fingerprint density at radius 2 is 1.92 bits per heavy atom. The van der Waals surface area contributed by atoms with Crippen molar-refractivity contribution in [1.82, 2.24) is 10.2 Å². The summed E-state index contributed by atoms with van der Waals surface area (Å²) in [4.78, 5) is 25.7. The molecule has 1 atom stereocenters. The molecule has 2 heterocycles. The molecule has 1 aliphatic heterocycles. The topological polar surface area (TPSA) is 95.6 Å². The number of anilines is 1. The molecule has 1 aliphatic rings. The number of likely N-dealkylation sites (N-methyl/N-ethyl adjacent to an activating group) is 1. The van der Waals surface area contributed by atoms with Crippen LogP contribution in [0.5, 0.6) is 0 Å². The first-order valence-corrected chi connectivity index (χ1v) is 10.3. The predicted octanol–water partition coefficient (Wildman–Crippen LogP) is 1.82. The van der Waals surface area contributed by atoms with E-state index in [0.717, 1.165) is 16.9 Å². The van der Waals surface area contributed by atoms with Gasteiger partial charge in [0.2, 0.25) is 5.91 Å². The van der Waals surface area contributed by atoms with Crippen molar-refractivity contribution >= 4 is 38.9 Å². The van der Waals surface area contributed by atoms with Gasteiger partial charge in [0.05, 0.1) is 6.04 Å². The van der Waals surface area contributed by atoms with Crippen LogP contribution in [0.1, 0.15) is 21.7 Å². The molecule has 1 aromatic heterocycles. The molecule has 1 aromatic carbocycles. The number of rotatable bonds is 5. The average molecular weight is 393 g/mol. The highest BCUT2D eigenvalue weighted by molar-refractivity contribution is 7.93. The lowest BCUT2D eigenvalue weighted by Crippen LogP contribution is -2.36. The standard InChI is InChI=1S/C17H19N3O4S2/c1-11-3-5-12(6-4-11)19-26(23,24)14-7-8-25-16(14)17(22)18-13-9-15(21)20(2)10-13/h3-8,13,19H,9-10H2,1-2H3,(H,18,22). The van der Waals surface area contributed by atoms with E-state index < -0.39 is 15.9 Å². The van der Waals surface area contributed by atoms with Gasteiger partial charge in [-0.15, -0.1) is 11.3 Å². The van der Waals surface area contributed by atoms with Gasteiger partial charge in [0, 0.05) is 25.7 Å². The third kappa shape index (κ3) is 3.88. The van der Waals surface area contributed by atoms with E-state index in [4.69, 9.17) is 0 Å². The zero-order chi connectivity index (χ0) is 18.9. The Hall–Kier alpha value is -2.39. The van der Waals surface area contributed by atoms with Crippen LogP contribution < -0.4 is 10.0 Å². The van der Waals surface area contributed by atoms with Crippen molar-refractivity contribution in [1.29, 1.82) is 0 Å². The van der Waals surface area contributed by atoms with Crippen molar-refractivity contribution in [2.24, 2.45) is 0 Å². The Morgan fingerprint density at radius 3 is 2.54 bits per heavy atom. The van der Waals surface area contributed by atoms with Crippen molar-refractivity contribution in [3.8, 4) is 0 Å². The van der Waals surface area contributed by atoms with Crippen molar-refractivity contribution in [3.63, 3.8) is 0 Å². The lowest BCUT2D eigenvalue weighted by Gasteiger charge is -2.13. The molecule has 0 bridgehead atoms. The van der Waals surface area contributed by atoms with Gasteiger partial charge in [-0.3, -0.25) is 14.3 Å². The highest BCUT2D eigenvalue weighted by Gasteiger charge is 2.30. The summed E-state index contributed by atoms with van der Waals surface area (Å²) in [5.41, 5.74) is 1.44. The molecule has 26 heavy (non-hydrogen) atoms. The summed E-state index contributed by atoms with van der Waals surface area (Å²) in [5.74, 6) is -0.534. The summed E-state index contributed by atoms with van der Waals surface area (Å²) in [6.45, 7) is 2.32. The summed E-state index contributed by atoms with van der Waals surface area (Å²) in [6.07, 6.45) is 0.220. The molecule has 0 radical (unpaired) electrons. The number of nitrogens with one attached hydrogen (secondary N) is 2. The number of hydrogen-bond donors (Lipinski definition) is 2. The lowest BCUT2D eigenvalue weighted by molar-refractivity contribution is -0.126. The van der Waals surface area contributed by atoms with Crippen LogP contribution in [0.25, 0.3) is 0 Å². The quantitative estimate of drug-likeness (QED) is 0.810. The van der Waals surface area contributed by atoms with Crippen molar-refractivity contribution in [3.05, 3.63) is 46.2 Å². The van der Waals surface area contributed by atoms with E-state index in [2.05, 4.69) is 10.0 Å². The molecule has 1 unspecified atom stereocenters. The zero-order valence-corrected chi connectivity index (χ0v) is 16.0. The van der Waals surface area contributed by atoms with Gasteiger partial charge in [0.15, 0.2) is 0 Å². The van der Waals surface area contributed by atoms with Gasteiger partial charge in [-0.25, -0.2) is 8.42 Å². The summed E-state index contributed by atoms with van der Waals surface area (Å²) < 4.78 is 27.8. The number of nitrogens with zero attached hydrogens (tertiary/aromatic N) is 1. The number of amides is 2. The smallest absolute Gasteiger partial charge is 0.263 e. The summed E-state index contributed by atoms with van der Waals surface area (Å²) in [6, 6.07) is 8.02. The molecule has 2 amide bonds. The molecule has 0 aliphatic carbocycles. The second-order valence-electron chi connectivity index (χ2n) is 6.23. The Morgan fingerprint density at radius 1 is 1.23 bits per heavy atom. The zero-order valence-electron chi connectivity index (χ0n) is 14.4. The Kier molecular flexibility index (Phi) is 5.01. The number of benzene rings is 1. The largest absolute Gasteiger partial charge is 0.346 e. The Bertz CT molecular complexity index is 935. The van der Waals surface area contributed by atoms with E-state index in [1.807, 2.05) is 6.92 Å². The maximum absolute atomic E-state index is 12.7. The third-order valence-electron chi connectivity index (χ3n) is 4.10. The molecule has 3 rings (SSSR count). The van der Waals surface area contributed by atoms with Crippen molar-refractivity contribution in [2.45, 2.75) is 24.3 Å². The Balaban J connectivity index is 1.77. The van der Waals surface area contributed by atoms with Crippen LogP contribution in [0.3, 0.4) is 0 Å². The molecule has 0 spiro atoms. The van der Waals surface area contributed by atoms with Crippen molar-refractivity contribution in [2.75, 3.05) is 18.3 Å². The van der Waals surface area contributed by atoms with E-state index in [1.54, 1.807) is 36.7 Å². The summed E-state index contributed by atoms with van der Waals surface area (Å²) in [7, 11) is -2.22. The molecule has 2 N–H and O–H groups in total. The SMILES string of the molecule is Cc1ccc(NS(=O)(=O)c2ccsc2C(=O)NC2CC(=O)N(C)C2)cc1. The van der Waals surface area contributed by atoms with Gasteiger partial charge in [-0.2, -0.15) is 0 Å². The van der Waals surface area contributed by atoms with Crippen LogP contribution in [-0.4, -0.2) is 44.8 Å². The molecule has 1 fully saturated rings. The van der Waals surface area contributed by atoms with E-state index in [1.165, 1.54) is 11.0 Å². The van der Waals surface area contributed by atoms with E-state index >= 15 is 0 Å². The Labute approximate surface area is 156 Å². The fourth-order valence-electron chi connectivity index (χ4n) is 2.72. The van der Waals surface area contributed by atoms with Crippen LogP contribution in [0.4, 0.5) is 5.69 Å². The van der Waals surface area contributed by atoms with Gasteiger partial charge < -0.3 is 10.2 Å². The highest BCUT2D eigenvalue weighted by atomic mass is 32.2. The van der Waals surface area contributed by atoms with Gasteiger partial charge in [-0.1, -0.05) is 17.7 Å².